The SMILES string of the molecule is CCC[N+](C)(C)C.N=C1C2=Cc3ccccc3C2=CC(S(=O)(=O)C(F)(F)F)=C1S(=O)(=O)C(F)(F)F. The molecule has 35 heavy (non-hydrogen) atoms. The molecule has 0 saturated heterocycles. The number of fused-ring (bicyclic) bond motifs is 3. The number of alkyl halides is 6. The normalized spacial score (nSPS) is 16.7. The number of hydrogen-bond donors (Lipinski definition) is 1. The summed E-state index contributed by atoms with van der Waals surface area (Å²) in [5.74, 6) is 0. The molecule has 1 N–H and O–H groups in total. The van der Waals surface area contributed by atoms with Crippen LogP contribution in [0.4, 0.5) is 26.3 Å². The summed E-state index contributed by atoms with van der Waals surface area (Å²) in [5.41, 5.74) is -13.9. The van der Waals surface area contributed by atoms with E-state index in [1.54, 1.807) is 0 Å². The van der Waals surface area contributed by atoms with Crippen LogP contribution in [0, 0.1) is 5.41 Å². The highest BCUT2D eigenvalue weighted by Gasteiger charge is 2.57. The number of sulfone groups is 2. The number of hydrogen-bond acceptors (Lipinski definition) is 5. The van der Waals surface area contributed by atoms with Gasteiger partial charge in [-0.05, 0) is 35.3 Å². The molecule has 0 fully saturated rings. The average Bonchev–Trinajstić information content (AvgIpc) is 3.04. The highest BCUT2D eigenvalue weighted by atomic mass is 32.2. The van der Waals surface area contributed by atoms with Crippen LogP contribution >= 0.6 is 0 Å². The fourth-order valence-corrected chi connectivity index (χ4v) is 5.89. The lowest BCUT2D eigenvalue weighted by atomic mass is 9.95. The van der Waals surface area contributed by atoms with Crippen molar-refractivity contribution in [2.24, 2.45) is 0 Å². The molecular weight excluding hydrogens is 522 g/mol. The van der Waals surface area contributed by atoms with Crippen molar-refractivity contribution in [3.05, 3.63) is 56.9 Å². The number of allylic oxidation sites excluding steroid dienone is 4. The zero-order valence-electron chi connectivity index (χ0n) is 19.0. The number of nitrogens with one attached hydrogen (secondary N) is 1. The van der Waals surface area contributed by atoms with Gasteiger partial charge in [0.25, 0.3) is 19.7 Å². The smallest absolute Gasteiger partial charge is 0.331 e. The zero-order valence-corrected chi connectivity index (χ0v) is 20.7. The predicted molar refractivity (Wildman–Crippen MR) is 120 cm³/mol. The van der Waals surface area contributed by atoms with Crippen molar-refractivity contribution in [1.82, 2.24) is 0 Å². The third-order valence-corrected chi connectivity index (χ3v) is 8.11. The third kappa shape index (κ3) is 5.54. The molecule has 0 amide bonds. The van der Waals surface area contributed by atoms with E-state index in [0.717, 1.165) is 10.6 Å². The summed E-state index contributed by atoms with van der Waals surface area (Å²) in [6.45, 7) is 3.49. The van der Waals surface area contributed by atoms with Gasteiger partial charge in [0.15, 0.2) is 0 Å². The molecule has 0 aromatic heterocycles. The van der Waals surface area contributed by atoms with E-state index in [1.165, 1.54) is 37.2 Å². The Kier molecular flexibility index (Phi) is 7.57. The molecule has 0 heterocycles. The molecule has 0 saturated carbocycles. The van der Waals surface area contributed by atoms with Crippen LogP contribution in [0.2, 0.25) is 0 Å². The Morgan fingerprint density at radius 1 is 0.829 bits per heavy atom. The molecule has 0 unspecified atom stereocenters. The maximum Gasteiger partial charge on any atom is 0.502 e. The zero-order chi connectivity index (χ0) is 27.2. The van der Waals surface area contributed by atoms with Crippen LogP contribution in [0.3, 0.4) is 0 Å². The number of quaternary nitrogens is 1. The van der Waals surface area contributed by atoms with E-state index in [9.17, 15) is 43.2 Å². The first kappa shape index (κ1) is 28.8. The van der Waals surface area contributed by atoms with Crippen molar-refractivity contribution in [2.45, 2.75) is 24.4 Å². The predicted octanol–water partition coefficient (Wildman–Crippen LogP) is 4.68. The summed E-state index contributed by atoms with van der Waals surface area (Å²) < 4.78 is 127. The van der Waals surface area contributed by atoms with Gasteiger partial charge in [-0.1, -0.05) is 31.2 Å². The average molecular weight is 546 g/mol. The molecular formula is C21H23F6N2O4S2+. The number of benzene rings is 1. The van der Waals surface area contributed by atoms with Crippen molar-refractivity contribution in [1.29, 1.82) is 5.41 Å². The highest BCUT2D eigenvalue weighted by Crippen LogP contribution is 2.47. The summed E-state index contributed by atoms with van der Waals surface area (Å²) in [7, 11) is -6.45. The summed E-state index contributed by atoms with van der Waals surface area (Å²) in [6, 6.07) is 5.69. The summed E-state index contributed by atoms with van der Waals surface area (Å²) in [4.78, 5) is -4.38. The van der Waals surface area contributed by atoms with Gasteiger partial charge in [-0.3, -0.25) is 5.41 Å². The second kappa shape index (κ2) is 9.21. The fourth-order valence-electron chi connectivity index (χ4n) is 3.43. The van der Waals surface area contributed by atoms with E-state index >= 15 is 0 Å². The minimum Gasteiger partial charge on any atom is -0.331 e. The van der Waals surface area contributed by atoms with E-state index in [1.807, 2.05) is 0 Å². The van der Waals surface area contributed by atoms with E-state index in [4.69, 9.17) is 5.41 Å². The van der Waals surface area contributed by atoms with Gasteiger partial charge in [-0.25, -0.2) is 16.8 Å². The lowest BCUT2D eigenvalue weighted by Gasteiger charge is -2.23. The molecule has 2 aliphatic rings. The first-order chi connectivity index (χ1) is 15.7. The second-order valence-electron chi connectivity index (χ2n) is 8.68. The molecule has 6 nitrogen and oxygen atoms in total. The first-order valence-electron chi connectivity index (χ1n) is 9.96. The fraction of sp³-hybridized carbons (Fsp3) is 0.381. The van der Waals surface area contributed by atoms with Crippen molar-refractivity contribution >= 4 is 37.0 Å². The monoisotopic (exact) mass is 545 g/mol. The van der Waals surface area contributed by atoms with Gasteiger partial charge in [0, 0.05) is 5.57 Å². The van der Waals surface area contributed by atoms with Gasteiger partial charge in [-0.2, -0.15) is 26.3 Å². The molecule has 0 atom stereocenters. The minimum absolute atomic E-state index is 0.153. The molecule has 0 radical (unpaired) electrons. The quantitative estimate of drug-likeness (QED) is 0.439. The summed E-state index contributed by atoms with van der Waals surface area (Å²) in [5, 5.41) is 7.82. The van der Waals surface area contributed by atoms with Crippen LogP contribution < -0.4 is 0 Å². The largest absolute Gasteiger partial charge is 0.502 e. The van der Waals surface area contributed by atoms with Gasteiger partial charge in [0.2, 0.25) is 0 Å². The van der Waals surface area contributed by atoms with Gasteiger partial charge in [0.05, 0.1) is 38.3 Å². The van der Waals surface area contributed by atoms with Gasteiger partial charge < -0.3 is 4.48 Å². The van der Waals surface area contributed by atoms with Crippen molar-refractivity contribution in [2.75, 3.05) is 27.7 Å². The van der Waals surface area contributed by atoms with Crippen molar-refractivity contribution in [3.63, 3.8) is 0 Å². The lowest BCUT2D eigenvalue weighted by molar-refractivity contribution is -0.870. The number of halogens is 6. The Bertz CT molecular complexity index is 1350. The van der Waals surface area contributed by atoms with E-state index < -0.39 is 51.8 Å². The topological polar surface area (TPSA) is 92.1 Å². The molecule has 14 heteroatoms. The standard InChI is InChI=1S/C15H7F6NO4S2.C6H16N/c16-14(17,18)27(23,24)11-6-9-8-4-2-1-3-7(8)5-10(9)12(22)13(11)28(25,26)15(19,20)21;1-5-6-7(2,3)4/h1-6,22H;5-6H2,1-4H3/q;+1. The maximum atomic E-state index is 13.0. The number of nitrogens with zero attached hydrogens (tertiary/aromatic N) is 1. The van der Waals surface area contributed by atoms with Gasteiger partial charge in [-0.15, -0.1) is 0 Å². The molecule has 2 aliphatic carbocycles. The van der Waals surface area contributed by atoms with E-state index in [0.29, 0.717) is 0 Å². The second-order valence-corrected chi connectivity index (χ2v) is 12.5. The Hall–Kier alpha value is -2.45. The van der Waals surface area contributed by atoms with Crippen LogP contribution in [-0.2, 0) is 19.7 Å². The Labute approximate surface area is 199 Å². The van der Waals surface area contributed by atoms with Crippen molar-refractivity contribution < 1.29 is 47.7 Å². The van der Waals surface area contributed by atoms with E-state index in [-0.39, 0.29) is 22.8 Å². The first-order valence-corrected chi connectivity index (χ1v) is 12.9. The Morgan fingerprint density at radius 2 is 1.34 bits per heavy atom. The Balaban J connectivity index is 0.000000540. The van der Waals surface area contributed by atoms with Gasteiger partial charge >= 0.3 is 11.0 Å². The molecule has 0 bridgehead atoms. The van der Waals surface area contributed by atoms with Gasteiger partial charge in [0.1, 0.15) is 4.91 Å². The Morgan fingerprint density at radius 3 is 1.77 bits per heavy atom. The minimum atomic E-state index is -6.58. The maximum absolute atomic E-state index is 13.0. The molecule has 3 rings (SSSR count). The molecule has 1 aromatic rings. The van der Waals surface area contributed by atoms with Crippen LogP contribution in [0.25, 0.3) is 11.6 Å². The van der Waals surface area contributed by atoms with Crippen LogP contribution in [0.1, 0.15) is 24.5 Å². The molecule has 194 valence electrons. The number of rotatable bonds is 4. The third-order valence-electron chi connectivity index (χ3n) is 4.90. The van der Waals surface area contributed by atoms with Crippen LogP contribution in [0.5, 0.6) is 0 Å². The summed E-state index contributed by atoms with van der Waals surface area (Å²) >= 11 is 0. The molecule has 0 aliphatic heterocycles. The van der Waals surface area contributed by atoms with E-state index in [2.05, 4.69) is 28.1 Å². The summed E-state index contributed by atoms with van der Waals surface area (Å²) in [6.07, 6.45) is 2.60. The highest BCUT2D eigenvalue weighted by molar-refractivity contribution is 8.00. The lowest BCUT2D eigenvalue weighted by Crippen LogP contribution is -2.35. The van der Waals surface area contributed by atoms with Crippen LogP contribution in [-0.4, -0.2) is 65.7 Å². The molecule has 1 aromatic carbocycles. The molecule has 0 spiro atoms. The van der Waals surface area contributed by atoms with Crippen LogP contribution in [0.15, 0.2) is 45.7 Å². The van der Waals surface area contributed by atoms with Crippen molar-refractivity contribution in [3.8, 4) is 0 Å².